The molecule has 1 aliphatic carbocycles. The van der Waals surface area contributed by atoms with Gasteiger partial charge in [0.1, 0.15) is 22.3 Å². The molecule has 9 aromatic carbocycles. The summed E-state index contributed by atoms with van der Waals surface area (Å²) < 4.78 is 15.4. The highest BCUT2D eigenvalue weighted by Gasteiger charge is 2.35. The summed E-state index contributed by atoms with van der Waals surface area (Å²) >= 11 is 1.77. The van der Waals surface area contributed by atoms with Crippen LogP contribution < -0.4 is 0 Å². The molecule has 0 unspecified atom stereocenters. The van der Waals surface area contributed by atoms with E-state index in [4.69, 9.17) is 23.8 Å². The Hall–Kier alpha value is -8.19. The van der Waals surface area contributed by atoms with Gasteiger partial charge in [-0.15, -0.1) is 11.3 Å². The molecule has 0 saturated heterocycles. The Morgan fingerprint density at radius 3 is 1.79 bits per heavy atom. The molecule has 0 spiro atoms. The highest BCUT2D eigenvalue weighted by molar-refractivity contribution is 7.26. The summed E-state index contributed by atoms with van der Waals surface area (Å²) in [7, 11) is 0. The molecule has 0 radical (unpaired) electrons. The number of aromatic nitrogens is 3. The van der Waals surface area contributed by atoms with Crippen LogP contribution in [0.2, 0.25) is 0 Å². The third kappa shape index (κ3) is 5.42. The molecule has 66 heavy (non-hydrogen) atoms. The normalized spacial score (nSPS) is 13.1. The number of benzene rings is 9. The van der Waals surface area contributed by atoms with E-state index in [1.54, 1.807) is 11.3 Å². The zero-order valence-corrected chi connectivity index (χ0v) is 36.8. The van der Waals surface area contributed by atoms with Gasteiger partial charge in [0, 0.05) is 63.8 Å². The molecule has 0 N–H and O–H groups in total. The maximum Gasteiger partial charge on any atom is 0.165 e. The van der Waals surface area contributed by atoms with Crippen LogP contribution in [0.25, 0.3) is 132 Å². The second-order valence-corrected chi connectivity index (χ2v) is 18.9. The molecule has 4 heterocycles. The van der Waals surface area contributed by atoms with Crippen molar-refractivity contribution in [1.29, 1.82) is 0 Å². The van der Waals surface area contributed by atoms with E-state index in [0.29, 0.717) is 17.5 Å². The van der Waals surface area contributed by atoms with Gasteiger partial charge in [-0.1, -0.05) is 147 Å². The molecule has 13 aromatic rings. The zero-order chi connectivity index (χ0) is 43.7. The second kappa shape index (κ2) is 13.9. The van der Waals surface area contributed by atoms with Crippen LogP contribution in [0, 0.1) is 0 Å². The summed E-state index contributed by atoms with van der Waals surface area (Å²) in [5.74, 6) is 1.73. The van der Waals surface area contributed by atoms with Gasteiger partial charge < -0.3 is 8.83 Å². The minimum atomic E-state index is -0.110. The molecule has 0 saturated carbocycles. The summed E-state index contributed by atoms with van der Waals surface area (Å²) in [5, 5.41) is 6.34. The minimum absolute atomic E-state index is 0.110. The van der Waals surface area contributed by atoms with Crippen LogP contribution >= 0.6 is 11.3 Å². The Labute approximate surface area is 383 Å². The fraction of sp³-hybridized carbons (Fsp3) is 0.0500. The van der Waals surface area contributed by atoms with Gasteiger partial charge in [-0.25, -0.2) is 15.0 Å². The highest BCUT2D eigenvalue weighted by Crippen LogP contribution is 2.50. The average Bonchev–Trinajstić information content (AvgIpc) is 4.11. The Morgan fingerprint density at radius 1 is 0.379 bits per heavy atom. The fourth-order valence-electron chi connectivity index (χ4n) is 10.7. The van der Waals surface area contributed by atoms with Crippen LogP contribution in [0.4, 0.5) is 0 Å². The third-order valence-electron chi connectivity index (χ3n) is 13.8. The standard InChI is InChI=1S/C60H37N3O2S/c1-60(2)46-23-7-3-16-38(46)39-29-28-35(33-47(39)60)34-14-11-15-36(32-34)37-30-31-51-54(43-19-5-9-25-49(43)65-51)55(37)59-62-57(44-21-13-26-50-53(44)42-18-4-8-24-48(42)64-50)61-58(63-59)45-22-12-20-41-40-17-6-10-27-52(40)66-56(41)45/h3-33H,1-2H3. The quantitative estimate of drug-likeness (QED) is 0.172. The molecule has 0 atom stereocenters. The number of nitrogens with zero attached hydrogens (tertiary/aromatic N) is 3. The molecule has 0 bridgehead atoms. The highest BCUT2D eigenvalue weighted by atomic mass is 32.1. The van der Waals surface area contributed by atoms with Crippen molar-refractivity contribution in [3.63, 3.8) is 0 Å². The second-order valence-electron chi connectivity index (χ2n) is 17.8. The lowest BCUT2D eigenvalue weighted by atomic mass is 9.81. The summed E-state index contributed by atoms with van der Waals surface area (Å²) in [4.78, 5) is 16.5. The molecule has 14 rings (SSSR count). The van der Waals surface area contributed by atoms with E-state index in [1.165, 1.54) is 43.3 Å². The minimum Gasteiger partial charge on any atom is -0.456 e. The predicted molar refractivity (Wildman–Crippen MR) is 272 cm³/mol. The van der Waals surface area contributed by atoms with Crippen LogP contribution in [0.5, 0.6) is 0 Å². The first kappa shape index (κ1) is 37.2. The summed E-state index contributed by atoms with van der Waals surface area (Å²) in [5.41, 5.74) is 15.5. The monoisotopic (exact) mass is 863 g/mol. The van der Waals surface area contributed by atoms with E-state index in [0.717, 1.165) is 82.0 Å². The van der Waals surface area contributed by atoms with Gasteiger partial charge in [0.25, 0.3) is 0 Å². The first-order valence-electron chi connectivity index (χ1n) is 22.3. The maximum absolute atomic E-state index is 6.62. The molecule has 6 heteroatoms. The largest absolute Gasteiger partial charge is 0.456 e. The number of thiophene rings is 1. The number of rotatable bonds is 5. The SMILES string of the molecule is CC1(C)c2ccccc2-c2ccc(-c3cccc(-c4ccc5oc6ccccc6c5c4-c4nc(-c5cccc6c5sc5ccccc56)nc(-c5cccc6oc7ccccc7c56)n4)c3)cc21. The summed E-state index contributed by atoms with van der Waals surface area (Å²) in [6, 6.07) is 66.5. The lowest BCUT2D eigenvalue weighted by Crippen LogP contribution is -2.14. The topological polar surface area (TPSA) is 65.0 Å². The smallest absolute Gasteiger partial charge is 0.165 e. The molecule has 5 nitrogen and oxygen atoms in total. The molecule has 0 fully saturated rings. The molecular formula is C60H37N3O2S. The van der Waals surface area contributed by atoms with Gasteiger partial charge in [0.2, 0.25) is 0 Å². The van der Waals surface area contributed by atoms with Crippen molar-refractivity contribution < 1.29 is 8.83 Å². The summed E-state index contributed by atoms with van der Waals surface area (Å²) in [6.45, 7) is 4.67. The number of hydrogen-bond acceptors (Lipinski definition) is 6. The van der Waals surface area contributed by atoms with Crippen LogP contribution in [0.3, 0.4) is 0 Å². The number of para-hydroxylation sites is 2. The van der Waals surface area contributed by atoms with E-state index in [9.17, 15) is 0 Å². The number of fused-ring (bicyclic) bond motifs is 12. The van der Waals surface area contributed by atoms with Crippen LogP contribution in [-0.4, -0.2) is 15.0 Å². The average molecular weight is 864 g/mol. The predicted octanol–water partition coefficient (Wildman–Crippen LogP) is 16.7. The Bertz CT molecular complexity index is 4170. The van der Waals surface area contributed by atoms with E-state index in [1.807, 2.05) is 42.5 Å². The number of hydrogen-bond donors (Lipinski definition) is 0. The Kier molecular flexibility index (Phi) is 7.84. The van der Waals surface area contributed by atoms with Crippen molar-refractivity contribution in [2.45, 2.75) is 19.3 Å². The zero-order valence-electron chi connectivity index (χ0n) is 36.0. The summed E-state index contributed by atoms with van der Waals surface area (Å²) in [6.07, 6.45) is 0. The van der Waals surface area contributed by atoms with Crippen LogP contribution in [-0.2, 0) is 5.41 Å². The van der Waals surface area contributed by atoms with Gasteiger partial charge in [0.15, 0.2) is 17.5 Å². The van der Waals surface area contributed by atoms with Crippen molar-refractivity contribution in [3.05, 3.63) is 199 Å². The number of furan rings is 2. The van der Waals surface area contributed by atoms with Crippen LogP contribution in [0.1, 0.15) is 25.0 Å². The van der Waals surface area contributed by atoms with Crippen molar-refractivity contribution in [1.82, 2.24) is 15.0 Å². The van der Waals surface area contributed by atoms with Crippen molar-refractivity contribution in [2.75, 3.05) is 0 Å². The molecule has 1 aliphatic rings. The molecule has 0 amide bonds. The Balaban J connectivity index is 1.04. The van der Waals surface area contributed by atoms with Gasteiger partial charge in [-0.05, 0) is 99.1 Å². The first-order valence-corrected chi connectivity index (χ1v) is 23.2. The van der Waals surface area contributed by atoms with Crippen molar-refractivity contribution in [2.24, 2.45) is 0 Å². The van der Waals surface area contributed by atoms with E-state index < -0.39 is 0 Å². The van der Waals surface area contributed by atoms with Gasteiger partial charge in [-0.3, -0.25) is 0 Å². The lowest BCUT2D eigenvalue weighted by molar-refractivity contribution is 0.660. The van der Waals surface area contributed by atoms with Gasteiger partial charge in [0.05, 0.1) is 0 Å². The molecule has 0 aliphatic heterocycles. The fourth-order valence-corrected chi connectivity index (χ4v) is 11.9. The lowest BCUT2D eigenvalue weighted by Gasteiger charge is -2.22. The van der Waals surface area contributed by atoms with E-state index in [-0.39, 0.29) is 5.41 Å². The van der Waals surface area contributed by atoms with Gasteiger partial charge in [-0.2, -0.15) is 0 Å². The first-order chi connectivity index (χ1) is 32.5. The van der Waals surface area contributed by atoms with E-state index in [2.05, 4.69) is 159 Å². The van der Waals surface area contributed by atoms with E-state index >= 15 is 0 Å². The van der Waals surface area contributed by atoms with Crippen LogP contribution in [0.15, 0.2) is 197 Å². The molecular weight excluding hydrogens is 827 g/mol. The van der Waals surface area contributed by atoms with Crippen molar-refractivity contribution >= 4 is 75.4 Å². The molecule has 4 aromatic heterocycles. The third-order valence-corrected chi connectivity index (χ3v) is 15.0. The Morgan fingerprint density at radius 2 is 0.939 bits per heavy atom. The van der Waals surface area contributed by atoms with Crippen molar-refractivity contribution in [3.8, 4) is 67.5 Å². The molecule has 310 valence electrons. The maximum atomic E-state index is 6.62. The van der Waals surface area contributed by atoms with Gasteiger partial charge >= 0.3 is 0 Å².